The number of aromatic amines is 1. The van der Waals surface area contributed by atoms with Crippen molar-refractivity contribution in [1.29, 1.82) is 0 Å². The van der Waals surface area contributed by atoms with E-state index < -0.39 is 17.8 Å². The number of piperidine rings is 1. The van der Waals surface area contributed by atoms with Crippen molar-refractivity contribution in [3.05, 3.63) is 70.3 Å². The van der Waals surface area contributed by atoms with Crippen LogP contribution in [0, 0.1) is 5.82 Å². The summed E-state index contributed by atoms with van der Waals surface area (Å²) in [5.74, 6) is -0.853. The minimum Gasteiger partial charge on any atom is -0.458 e. The molecule has 0 bridgehead atoms. The summed E-state index contributed by atoms with van der Waals surface area (Å²) in [6.07, 6.45) is -0.400. The summed E-state index contributed by atoms with van der Waals surface area (Å²) in [5.41, 5.74) is 2.34. The fraction of sp³-hybridized carbons (Fsp3) is 0.414. The maximum atomic E-state index is 14.1. The van der Waals surface area contributed by atoms with Crippen LogP contribution in [0.15, 0.2) is 36.5 Å². The van der Waals surface area contributed by atoms with Crippen LogP contribution in [0.3, 0.4) is 0 Å². The van der Waals surface area contributed by atoms with E-state index in [-0.39, 0.29) is 36.2 Å². The van der Waals surface area contributed by atoms with E-state index in [9.17, 15) is 17.6 Å². The summed E-state index contributed by atoms with van der Waals surface area (Å²) in [7, 11) is 0. The average Bonchev–Trinajstić information content (AvgIpc) is 3.64. The van der Waals surface area contributed by atoms with Crippen LogP contribution >= 0.6 is 11.6 Å². The fourth-order valence-corrected chi connectivity index (χ4v) is 5.71. The number of hydrogen-bond acceptors (Lipinski definition) is 10. The molecule has 0 saturated carbocycles. The Morgan fingerprint density at radius 1 is 1.02 bits per heavy atom. The highest BCUT2D eigenvalue weighted by Crippen LogP contribution is 2.30. The maximum Gasteiger partial charge on any atom is 0.451 e. The minimum atomic E-state index is -4.66. The summed E-state index contributed by atoms with van der Waals surface area (Å²) in [6.45, 7) is 3.31. The van der Waals surface area contributed by atoms with Gasteiger partial charge in [0.25, 0.3) is 0 Å². The van der Waals surface area contributed by atoms with Crippen molar-refractivity contribution in [2.24, 2.45) is 0 Å². The molecule has 0 aliphatic carbocycles. The van der Waals surface area contributed by atoms with Crippen molar-refractivity contribution in [3.63, 3.8) is 0 Å². The zero-order valence-electron chi connectivity index (χ0n) is 24.2. The number of hydrogen-bond donors (Lipinski definition) is 1. The number of H-pyrrole nitrogens is 1. The normalized spacial score (nSPS) is 17.8. The van der Waals surface area contributed by atoms with Gasteiger partial charge < -0.3 is 19.0 Å². The Bertz CT molecular complexity index is 1850. The molecule has 1 atom stereocenters. The molecule has 0 radical (unpaired) electrons. The van der Waals surface area contributed by atoms with E-state index in [2.05, 4.69) is 40.2 Å². The molecule has 1 aromatic carbocycles. The molecule has 1 N–H and O–H groups in total. The lowest BCUT2D eigenvalue weighted by atomic mass is 9.93. The molecule has 2 fully saturated rings. The second-order valence-electron chi connectivity index (χ2n) is 11.2. The molecule has 2 saturated heterocycles. The van der Waals surface area contributed by atoms with Crippen molar-refractivity contribution < 1.29 is 27.0 Å². The van der Waals surface area contributed by atoms with Gasteiger partial charge in [0.05, 0.1) is 24.9 Å². The molecular formula is C29H27ClF4N10O2. The second kappa shape index (κ2) is 12.5. The van der Waals surface area contributed by atoms with Gasteiger partial charge in [0, 0.05) is 29.3 Å². The summed E-state index contributed by atoms with van der Waals surface area (Å²) in [4.78, 5) is 18.0. The number of fused-ring (bicyclic) bond motifs is 1. The molecule has 17 heteroatoms. The quantitative estimate of drug-likeness (QED) is 0.217. The van der Waals surface area contributed by atoms with Gasteiger partial charge in [0.1, 0.15) is 29.5 Å². The molecule has 46 heavy (non-hydrogen) atoms. The number of imidazole rings is 1. The standard InChI is InChI=1S/C29H27ClF4N10O2/c30-18-2-1-17(20(31)11-18)15-46-28-35-7-3-21(37-28)16-4-8-43(9-5-16)14-24-36-23-12-22(25-38-27(42-40-25)29(32,33)34)39-41-26(23)44(24)13-19-6-10-45-19/h1-3,7,11-12,16,19H,4-6,8-10,13-15H2,(H,38,40,42). The van der Waals surface area contributed by atoms with Crippen LogP contribution in [-0.4, -0.2) is 75.6 Å². The maximum absolute atomic E-state index is 14.1. The largest absolute Gasteiger partial charge is 0.458 e. The van der Waals surface area contributed by atoms with Crippen LogP contribution in [-0.2, 0) is 30.6 Å². The lowest BCUT2D eigenvalue weighted by Gasteiger charge is -2.32. The number of likely N-dealkylation sites (tertiary alicyclic amines) is 1. The van der Waals surface area contributed by atoms with Crippen LogP contribution in [0.1, 0.15) is 48.1 Å². The van der Waals surface area contributed by atoms with E-state index in [1.54, 1.807) is 24.4 Å². The van der Waals surface area contributed by atoms with E-state index in [0.717, 1.165) is 43.9 Å². The van der Waals surface area contributed by atoms with Crippen LogP contribution in [0.2, 0.25) is 5.02 Å². The predicted molar refractivity (Wildman–Crippen MR) is 155 cm³/mol. The molecule has 0 spiro atoms. The first-order valence-electron chi connectivity index (χ1n) is 14.7. The van der Waals surface area contributed by atoms with Crippen LogP contribution in [0.4, 0.5) is 17.6 Å². The third-order valence-corrected chi connectivity index (χ3v) is 8.38. The SMILES string of the molecule is Fc1cc(Cl)ccc1COc1nccc(C2CCN(Cc3nc4cc(-c5nnc(C(F)(F)F)[nH]5)nnc4n3CC3CCO3)CC2)n1. The lowest BCUT2D eigenvalue weighted by molar-refractivity contribution is -0.144. The van der Waals surface area contributed by atoms with Crippen molar-refractivity contribution in [3.8, 4) is 17.5 Å². The van der Waals surface area contributed by atoms with Gasteiger partial charge in [-0.15, -0.1) is 20.4 Å². The second-order valence-corrected chi connectivity index (χ2v) is 11.7. The molecule has 1 unspecified atom stereocenters. The predicted octanol–water partition coefficient (Wildman–Crippen LogP) is 4.96. The summed E-state index contributed by atoms with van der Waals surface area (Å²) in [5, 5.41) is 15.5. The highest BCUT2D eigenvalue weighted by atomic mass is 35.5. The van der Waals surface area contributed by atoms with Crippen molar-refractivity contribution in [2.75, 3.05) is 19.7 Å². The van der Waals surface area contributed by atoms with E-state index in [1.165, 1.54) is 6.07 Å². The first-order chi connectivity index (χ1) is 22.2. The number of halogens is 5. The van der Waals surface area contributed by atoms with Crippen LogP contribution in [0.5, 0.6) is 6.01 Å². The first-order valence-corrected chi connectivity index (χ1v) is 15.0. The number of nitrogens with one attached hydrogen (secondary N) is 1. The molecule has 2 aliphatic heterocycles. The Kier molecular flexibility index (Phi) is 8.25. The fourth-order valence-electron chi connectivity index (χ4n) is 5.56. The van der Waals surface area contributed by atoms with Gasteiger partial charge in [-0.2, -0.15) is 18.2 Å². The molecule has 6 heterocycles. The Morgan fingerprint density at radius 2 is 1.85 bits per heavy atom. The molecule has 7 rings (SSSR count). The van der Waals surface area contributed by atoms with E-state index >= 15 is 0 Å². The Morgan fingerprint density at radius 3 is 2.57 bits per heavy atom. The molecule has 4 aromatic heterocycles. The molecule has 2 aliphatic rings. The average molecular weight is 659 g/mol. The number of rotatable bonds is 9. The Balaban J connectivity index is 1.03. The number of alkyl halides is 3. The summed E-state index contributed by atoms with van der Waals surface area (Å²) < 4.78 is 66.5. The Labute approximate surface area is 264 Å². The third-order valence-electron chi connectivity index (χ3n) is 8.15. The van der Waals surface area contributed by atoms with Gasteiger partial charge in [-0.05, 0) is 56.6 Å². The highest BCUT2D eigenvalue weighted by molar-refractivity contribution is 6.30. The van der Waals surface area contributed by atoms with Gasteiger partial charge in [0.2, 0.25) is 5.82 Å². The zero-order valence-corrected chi connectivity index (χ0v) is 25.0. The monoisotopic (exact) mass is 658 g/mol. The first kappa shape index (κ1) is 30.4. The van der Waals surface area contributed by atoms with Gasteiger partial charge in [-0.25, -0.2) is 14.4 Å². The molecule has 12 nitrogen and oxygen atoms in total. The number of aromatic nitrogens is 9. The molecule has 240 valence electrons. The number of nitrogens with zero attached hydrogens (tertiary/aromatic N) is 9. The highest BCUT2D eigenvalue weighted by Gasteiger charge is 2.36. The molecule has 0 amide bonds. The number of ether oxygens (including phenoxy) is 2. The minimum absolute atomic E-state index is 0.0172. The topological polar surface area (TPSA) is 133 Å². The van der Waals surface area contributed by atoms with Gasteiger partial charge in [-0.1, -0.05) is 17.7 Å². The van der Waals surface area contributed by atoms with Gasteiger partial charge >= 0.3 is 12.2 Å². The lowest BCUT2D eigenvalue weighted by Crippen LogP contribution is -2.35. The Hall–Kier alpha value is -4.28. The van der Waals surface area contributed by atoms with Crippen molar-refractivity contribution >= 4 is 22.8 Å². The van der Waals surface area contributed by atoms with Gasteiger partial charge in [0.15, 0.2) is 11.5 Å². The smallest absolute Gasteiger partial charge is 0.451 e. The van der Waals surface area contributed by atoms with Crippen molar-refractivity contribution in [1.82, 2.24) is 49.8 Å². The molecule has 5 aromatic rings. The summed E-state index contributed by atoms with van der Waals surface area (Å²) >= 11 is 5.83. The summed E-state index contributed by atoms with van der Waals surface area (Å²) in [6, 6.07) is 8.02. The van der Waals surface area contributed by atoms with Crippen LogP contribution in [0.25, 0.3) is 22.7 Å². The van der Waals surface area contributed by atoms with E-state index in [4.69, 9.17) is 26.1 Å². The zero-order chi connectivity index (χ0) is 31.8. The van der Waals surface area contributed by atoms with E-state index in [0.29, 0.717) is 41.4 Å². The third kappa shape index (κ3) is 6.50. The van der Waals surface area contributed by atoms with Crippen molar-refractivity contribution in [2.45, 2.75) is 57.2 Å². The van der Waals surface area contributed by atoms with Crippen LogP contribution < -0.4 is 4.74 Å². The van der Waals surface area contributed by atoms with E-state index in [1.807, 2.05) is 10.6 Å². The van der Waals surface area contributed by atoms with Gasteiger partial charge in [-0.3, -0.25) is 4.90 Å². The number of benzene rings is 1. The molecular weight excluding hydrogens is 632 g/mol.